The molecule has 4 aromatic carbocycles. The van der Waals surface area contributed by atoms with Crippen LogP contribution >= 0.6 is 11.6 Å². The minimum Gasteiger partial charge on any atom is -0.350 e. The molecule has 1 atom stereocenters. The number of halogens is 1. The molecule has 0 unspecified atom stereocenters. The third-order valence-electron chi connectivity index (χ3n) is 7.49. The summed E-state index contributed by atoms with van der Waals surface area (Å²) in [7, 11) is 0. The van der Waals surface area contributed by atoms with Gasteiger partial charge in [0.15, 0.2) is 0 Å². The Labute approximate surface area is 252 Å². The summed E-state index contributed by atoms with van der Waals surface area (Å²) in [6.07, 6.45) is 0.989. The van der Waals surface area contributed by atoms with Crippen molar-refractivity contribution in [1.82, 2.24) is 10.2 Å². The maximum Gasteiger partial charge on any atom is 0.258 e. The van der Waals surface area contributed by atoms with Gasteiger partial charge in [-0.15, -0.1) is 0 Å². The Morgan fingerprint density at radius 1 is 0.905 bits per heavy atom. The zero-order valence-electron chi connectivity index (χ0n) is 24.3. The fourth-order valence-corrected chi connectivity index (χ4v) is 5.75. The van der Waals surface area contributed by atoms with Gasteiger partial charge in [-0.25, -0.2) is 0 Å². The van der Waals surface area contributed by atoms with E-state index < -0.39 is 11.6 Å². The van der Waals surface area contributed by atoms with E-state index in [1.165, 1.54) is 0 Å². The molecule has 3 amide bonds. The smallest absolute Gasteiger partial charge is 0.258 e. The largest absolute Gasteiger partial charge is 0.350 e. The molecular formula is C35H36ClN3O3. The van der Waals surface area contributed by atoms with Gasteiger partial charge in [-0.05, 0) is 61.9 Å². The van der Waals surface area contributed by atoms with Crippen LogP contribution in [0, 0.1) is 0 Å². The zero-order chi connectivity index (χ0) is 29.9. The maximum atomic E-state index is 14.0. The van der Waals surface area contributed by atoms with Gasteiger partial charge in [0.25, 0.3) is 5.91 Å². The van der Waals surface area contributed by atoms with Crippen molar-refractivity contribution in [3.05, 3.63) is 113 Å². The first-order valence-electron chi connectivity index (χ1n) is 14.3. The highest BCUT2D eigenvalue weighted by Gasteiger charge is 2.33. The Bertz CT molecular complexity index is 1610. The van der Waals surface area contributed by atoms with Gasteiger partial charge in [-0.3, -0.25) is 14.4 Å². The number of amides is 3. The second-order valence-corrected chi connectivity index (χ2v) is 12.2. The molecule has 1 N–H and O–H groups in total. The van der Waals surface area contributed by atoms with Crippen molar-refractivity contribution >= 4 is 45.8 Å². The van der Waals surface area contributed by atoms with Gasteiger partial charge in [0.2, 0.25) is 11.8 Å². The Morgan fingerprint density at radius 2 is 1.60 bits per heavy atom. The number of benzene rings is 4. The van der Waals surface area contributed by atoms with Crippen LogP contribution in [0.1, 0.15) is 55.1 Å². The van der Waals surface area contributed by atoms with E-state index in [4.69, 9.17) is 11.6 Å². The van der Waals surface area contributed by atoms with E-state index in [0.717, 1.165) is 27.6 Å². The molecule has 216 valence electrons. The fraction of sp³-hybridized carbons (Fsp3) is 0.286. The van der Waals surface area contributed by atoms with Gasteiger partial charge in [-0.1, -0.05) is 84.4 Å². The summed E-state index contributed by atoms with van der Waals surface area (Å²) in [5.41, 5.74) is 2.82. The topological polar surface area (TPSA) is 69.7 Å². The molecule has 0 saturated heterocycles. The monoisotopic (exact) mass is 581 g/mol. The summed E-state index contributed by atoms with van der Waals surface area (Å²) >= 11 is 6.53. The van der Waals surface area contributed by atoms with Crippen LogP contribution in [0.5, 0.6) is 0 Å². The summed E-state index contributed by atoms with van der Waals surface area (Å²) in [6.45, 7) is 6.37. The van der Waals surface area contributed by atoms with E-state index in [1.807, 2.05) is 106 Å². The van der Waals surface area contributed by atoms with Crippen LogP contribution in [0.15, 0.2) is 91.0 Å². The zero-order valence-corrected chi connectivity index (χ0v) is 25.0. The normalized spacial score (nSPS) is 13.3. The van der Waals surface area contributed by atoms with E-state index in [1.54, 1.807) is 15.9 Å². The molecular weight excluding hydrogens is 546 g/mol. The Balaban J connectivity index is 1.39. The van der Waals surface area contributed by atoms with E-state index in [-0.39, 0.29) is 30.7 Å². The minimum absolute atomic E-state index is 0.0475. The molecule has 1 aliphatic heterocycles. The summed E-state index contributed by atoms with van der Waals surface area (Å²) in [4.78, 5) is 44.4. The predicted molar refractivity (Wildman–Crippen MR) is 169 cm³/mol. The van der Waals surface area contributed by atoms with Crippen LogP contribution in [0.4, 0.5) is 5.69 Å². The molecule has 0 fully saturated rings. The predicted octanol–water partition coefficient (Wildman–Crippen LogP) is 6.79. The molecule has 6 nitrogen and oxygen atoms in total. The van der Waals surface area contributed by atoms with Gasteiger partial charge in [0.1, 0.15) is 6.04 Å². The van der Waals surface area contributed by atoms with Crippen LogP contribution in [0.25, 0.3) is 10.8 Å². The molecule has 0 saturated carbocycles. The van der Waals surface area contributed by atoms with Crippen molar-refractivity contribution in [3.63, 3.8) is 0 Å². The standard InChI is InChI=1S/C35H36ClN3O3/c1-35(2,3)37-33(41)30(22-24-12-5-4-6-13-24)39(23-26-14-7-8-18-28(26)36)31(40)20-11-21-38-29-19-10-16-25-15-9-17-27(32(25)29)34(38)42/h4-10,12-19,30H,11,20-23H2,1-3H3,(H,37,41)/t30-/m0/s1. The summed E-state index contributed by atoms with van der Waals surface area (Å²) in [6, 6.07) is 28.0. The second kappa shape index (κ2) is 12.4. The molecule has 42 heavy (non-hydrogen) atoms. The number of rotatable bonds is 10. The number of hydrogen-bond acceptors (Lipinski definition) is 3. The molecule has 1 aliphatic rings. The molecule has 1 heterocycles. The quantitative estimate of drug-likeness (QED) is 0.224. The first-order chi connectivity index (χ1) is 20.1. The third-order valence-corrected chi connectivity index (χ3v) is 7.86. The maximum absolute atomic E-state index is 14.0. The number of hydrogen-bond donors (Lipinski definition) is 1. The first-order valence-corrected chi connectivity index (χ1v) is 14.7. The third kappa shape index (κ3) is 6.50. The van der Waals surface area contributed by atoms with Crippen molar-refractivity contribution in [2.24, 2.45) is 0 Å². The molecule has 0 bridgehead atoms. The average molecular weight is 582 g/mol. The molecule has 0 aliphatic carbocycles. The summed E-state index contributed by atoms with van der Waals surface area (Å²) in [5.74, 6) is -0.431. The van der Waals surface area contributed by atoms with Crippen LogP contribution in [0.3, 0.4) is 0 Å². The molecule has 4 aromatic rings. The molecule has 0 aromatic heterocycles. The van der Waals surface area contributed by atoms with Crippen molar-refractivity contribution in [2.45, 2.75) is 58.2 Å². The Morgan fingerprint density at radius 3 is 2.31 bits per heavy atom. The van der Waals surface area contributed by atoms with Crippen LogP contribution in [0.2, 0.25) is 5.02 Å². The molecule has 5 rings (SSSR count). The van der Waals surface area contributed by atoms with Gasteiger partial charge in [0.05, 0.1) is 5.69 Å². The van der Waals surface area contributed by atoms with Crippen molar-refractivity contribution < 1.29 is 14.4 Å². The molecule has 7 heteroatoms. The average Bonchev–Trinajstić information content (AvgIpc) is 3.23. The van der Waals surface area contributed by atoms with Gasteiger partial charge >= 0.3 is 0 Å². The lowest BCUT2D eigenvalue weighted by Crippen LogP contribution is -2.54. The minimum atomic E-state index is -0.748. The van der Waals surface area contributed by atoms with Crippen LogP contribution < -0.4 is 10.2 Å². The van der Waals surface area contributed by atoms with E-state index >= 15 is 0 Å². The van der Waals surface area contributed by atoms with E-state index in [0.29, 0.717) is 30.0 Å². The Kier molecular flexibility index (Phi) is 8.64. The Hall–Kier alpha value is -4.16. The van der Waals surface area contributed by atoms with Crippen molar-refractivity contribution in [1.29, 1.82) is 0 Å². The van der Waals surface area contributed by atoms with E-state index in [2.05, 4.69) is 5.32 Å². The number of nitrogens with one attached hydrogen (secondary N) is 1. The SMILES string of the molecule is CC(C)(C)NC(=O)[C@H](Cc1ccccc1)N(Cc1ccccc1Cl)C(=O)CCCN1C(=O)c2cccc3cccc1c23. The fourth-order valence-electron chi connectivity index (χ4n) is 5.55. The summed E-state index contributed by atoms with van der Waals surface area (Å²) in [5, 5.41) is 5.61. The lowest BCUT2D eigenvalue weighted by atomic mass is 10.00. The van der Waals surface area contributed by atoms with Gasteiger partial charge in [0, 0.05) is 47.4 Å². The molecule has 0 spiro atoms. The lowest BCUT2D eigenvalue weighted by Gasteiger charge is -2.34. The highest BCUT2D eigenvalue weighted by Crippen LogP contribution is 2.37. The number of carbonyl (C=O) groups is 3. The molecule has 0 radical (unpaired) electrons. The van der Waals surface area contributed by atoms with Gasteiger partial charge in [-0.2, -0.15) is 0 Å². The van der Waals surface area contributed by atoms with Crippen LogP contribution in [-0.2, 0) is 22.6 Å². The second-order valence-electron chi connectivity index (χ2n) is 11.8. The van der Waals surface area contributed by atoms with Gasteiger partial charge < -0.3 is 15.1 Å². The van der Waals surface area contributed by atoms with Crippen molar-refractivity contribution in [3.8, 4) is 0 Å². The number of anilines is 1. The highest BCUT2D eigenvalue weighted by molar-refractivity contribution is 6.31. The highest BCUT2D eigenvalue weighted by atomic mass is 35.5. The van der Waals surface area contributed by atoms with Crippen molar-refractivity contribution in [2.75, 3.05) is 11.4 Å². The number of nitrogens with zero attached hydrogens (tertiary/aromatic N) is 2. The van der Waals surface area contributed by atoms with E-state index in [9.17, 15) is 14.4 Å². The van der Waals surface area contributed by atoms with Crippen LogP contribution in [-0.4, -0.2) is 40.7 Å². The number of carbonyl (C=O) groups excluding carboxylic acids is 3. The summed E-state index contributed by atoms with van der Waals surface area (Å²) < 4.78 is 0. The first kappa shape index (κ1) is 29.3. The lowest BCUT2D eigenvalue weighted by molar-refractivity contribution is -0.142.